The summed E-state index contributed by atoms with van der Waals surface area (Å²) in [5.74, 6) is 3.21. The number of methoxy groups -OCH3 is 1. The van der Waals surface area contributed by atoms with Crippen LogP contribution in [0, 0.1) is 0 Å². The smallest absolute Gasteiger partial charge is 0.191 e. The molecule has 0 aromatic heterocycles. The van der Waals surface area contributed by atoms with Gasteiger partial charge in [-0.1, -0.05) is 25.1 Å². The van der Waals surface area contributed by atoms with E-state index in [1.165, 1.54) is 5.56 Å². The van der Waals surface area contributed by atoms with Crippen LogP contribution in [0.4, 0.5) is 0 Å². The predicted octanol–water partition coefficient (Wildman–Crippen LogP) is 2.33. The quantitative estimate of drug-likeness (QED) is 0.460. The summed E-state index contributed by atoms with van der Waals surface area (Å²) >= 11 is 1.82. The van der Waals surface area contributed by atoms with Crippen LogP contribution in [0.2, 0.25) is 0 Å². The Balaban J connectivity index is 2.51. The SMILES string of the molecule is CN=C(NCCSC)NCC(C)c1ccccc1OC. The molecule has 1 rings (SSSR count). The Morgan fingerprint density at radius 3 is 2.75 bits per heavy atom. The van der Waals surface area contributed by atoms with Crippen LogP contribution < -0.4 is 15.4 Å². The first-order valence-electron chi connectivity index (χ1n) is 6.79. The van der Waals surface area contributed by atoms with Crippen LogP contribution in [-0.2, 0) is 0 Å². The molecule has 2 N–H and O–H groups in total. The normalized spacial score (nSPS) is 12.9. The minimum atomic E-state index is 0.352. The fraction of sp³-hybridized carbons (Fsp3) is 0.533. The van der Waals surface area contributed by atoms with Crippen LogP contribution in [-0.4, -0.2) is 45.2 Å². The molecule has 0 radical (unpaired) electrons. The van der Waals surface area contributed by atoms with Crippen molar-refractivity contribution in [2.24, 2.45) is 4.99 Å². The number of hydrogen-bond donors (Lipinski definition) is 2. The zero-order valence-corrected chi connectivity index (χ0v) is 13.6. The molecular weight excluding hydrogens is 270 g/mol. The Labute approximate surface area is 126 Å². The van der Waals surface area contributed by atoms with Crippen LogP contribution in [0.3, 0.4) is 0 Å². The maximum absolute atomic E-state index is 5.40. The lowest BCUT2D eigenvalue weighted by Gasteiger charge is -2.18. The predicted molar refractivity (Wildman–Crippen MR) is 89.2 cm³/mol. The van der Waals surface area contributed by atoms with Crippen LogP contribution in [0.5, 0.6) is 5.75 Å². The molecule has 0 saturated carbocycles. The minimum absolute atomic E-state index is 0.352. The van der Waals surface area contributed by atoms with Gasteiger partial charge in [0.05, 0.1) is 7.11 Å². The van der Waals surface area contributed by atoms with E-state index < -0.39 is 0 Å². The van der Waals surface area contributed by atoms with Gasteiger partial charge in [0.15, 0.2) is 5.96 Å². The lowest BCUT2D eigenvalue weighted by molar-refractivity contribution is 0.406. The second-order valence-electron chi connectivity index (χ2n) is 4.52. The molecule has 0 fully saturated rings. The fourth-order valence-corrected chi connectivity index (χ4v) is 2.23. The summed E-state index contributed by atoms with van der Waals surface area (Å²) in [5.41, 5.74) is 1.21. The third-order valence-corrected chi connectivity index (χ3v) is 3.68. The van der Waals surface area contributed by atoms with Crippen molar-refractivity contribution in [1.29, 1.82) is 0 Å². The van der Waals surface area contributed by atoms with Gasteiger partial charge < -0.3 is 15.4 Å². The second-order valence-corrected chi connectivity index (χ2v) is 5.50. The summed E-state index contributed by atoms with van der Waals surface area (Å²) in [6.45, 7) is 3.92. The van der Waals surface area contributed by atoms with Crippen molar-refractivity contribution in [3.8, 4) is 5.75 Å². The highest BCUT2D eigenvalue weighted by molar-refractivity contribution is 7.98. The van der Waals surface area contributed by atoms with E-state index in [1.807, 2.05) is 30.0 Å². The van der Waals surface area contributed by atoms with Crippen molar-refractivity contribution in [1.82, 2.24) is 10.6 Å². The van der Waals surface area contributed by atoms with Crippen molar-refractivity contribution in [3.63, 3.8) is 0 Å². The Morgan fingerprint density at radius 1 is 1.35 bits per heavy atom. The van der Waals surface area contributed by atoms with Crippen molar-refractivity contribution >= 4 is 17.7 Å². The molecule has 0 bridgehead atoms. The topological polar surface area (TPSA) is 45.7 Å². The molecule has 1 unspecified atom stereocenters. The fourth-order valence-electron chi connectivity index (χ4n) is 1.93. The van der Waals surface area contributed by atoms with E-state index in [0.29, 0.717) is 5.92 Å². The van der Waals surface area contributed by atoms with E-state index in [1.54, 1.807) is 14.2 Å². The van der Waals surface area contributed by atoms with Gasteiger partial charge in [0.1, 0.15) is 5.75 Å². The standard InChI is InChI=1S/C15H25N3OS/c1-12(13-7-5-6-8-14(13)19-3)11-18-15(16-2)17-9-10-20-4/h5-8,12H,9-11H2,1-4H3,(H2,16,17,18). The largest absolute Gasteiger partial charge is 0.496 e. The maximum atomic E-state index is 5.40. The Kier molecular flexibility index (Phi) is 7.95. The lowest BCUT2D eigenvalue weighted by atomic mass is 10.0. The van der Waals surface area contributed by atoms with Gasteiger partial charge in [0.2, 0.25) is 0 Å². The monoisotopic (exact) mass is 295 g/mol. The molecule has 1 atom stereocenters. The summed E-state index contributed by atoms with van der Waals surface area (Å²) in [7, 11) is 3.50. The molecule has 0 spiro atoms. The minimum Gasteiger partial charge on any atom is -0.496 e. The summed E-state index contributed by atoms with van der Waals surface area (Å²) < 4.78 is 5.40. The summed E-state index contributed by atoms with van der Waals surface area (Å²) in [6, 6.07) is 8.14. The van der Waals surface area contributed by atoms with Gasteiger partial charge in [-0.15, -0.1) is 0 Å². The van der Waals surface area contributed by atoms with E-state index in [9.17, 15) is 0 Å². The van der Waals surface area contributed by atoms with Gasteiger partial charge in [-0.2, -0.15) is 11.8 Å². The maximum Gasteiger partial charge on any atom is 0.191 e. The van der Waals surface area contributed by atoms with Crippen molar-refractivity contribution in [3.05, 3.63) is 29.8 Å². The highest BCUT2D eigenvalue weighted by Crippen LogP contribution is 2.25. The zero-order valence-electron chi connectivity index (χ0n) is 12.8. The summed E-state index contributed by atoms with van der Waals surface area (Å²) in [5, 5.41) is 6.64. The molecule has 0 saturated heterocycles. The van der Waals surface area contributed by atoms with E-state index in [0.717, 1.165) is 30.6 Å². The number of benzene rings is 1. The summed E-state index contributed by atoms with van der Waals surface area (Å²) in [4.78, 5) is 4.22. The first-order valence-corrected chi connectivity index (χ1v) is 8.18. The average Bonchev–Trinajstić information content (AvgIpc) is 2.50. The van der Waals surface area contributed by atoms with E-state index in [-0.39, 0.29) is 0 Å². The van der Waals surface area contributed by atoms with Crippen LogP contribution in [0.25, 0.3) is 0 Å². The molecule has 1 aromatic rings. The zero-order chi connectivity index (χ0) is 14.8. The third-order valence-electron chi connectivity index (χ3n) is 3.07. The first kappa shape index (κ1) is 16.7. The Bertz CT molecular complexity index is 423. The number of aliphatic imine (C=N–C) groups is 1. The molecule has 0 heterocycles. The van der Waals surface area contributed by atoms with Gasteiger partial charge in [-0.05, 0) is 17.9 Å². The van der Waals surface area contributed by atoms with Gasteiger partial charge in [-0.25, -0.2) is 0 Å². The van der Waals surface area contributed by atoms with Crippen LogP contribution in [0.1, 0.15) is 18.4 Å². The molecule has 0 amide bonds. The van der Waals surface area contributed by atoms with Gasteiger partial charge in [-0.3, -0.25) is 4.99 Å². The number of para-hydroxylation sites is 1. The molecule has 1 aromatic carbocycles. The number of guanidine groups is 1. The highest BCUT2D eigenvalue weighted by atomic mass is 32.2. The van der Waals surface area contributed by atoms with Gasteiger partial charge in [0, 0.05) is 31.8 Å². The molecule has 4 nitrogen and oxygen atoms in total. The molecular formula is C15H25N3OS. The highest BCUT2D eigenvalue weighted by Gasteiger charge is 2.11. The van der Waals surface area contributed by atoms with Crippen LogP contribution >= 0.6 is 11.8 Å². The molecule has 5 heteroatoms. The van der Waals surface area contributed by atoms with E-state index in [4.69, 9.17) is 4.74 Å². The average molecular weight is 295 g/mol. The number of ether oxygens (including phenoxy) is 1. The number of nitrogens with one attached hydrogen (secondary N) is 2. The number of rotatable bonds is 7. The number of thioether (sulfide) groups is 1. The first-order chi connectivity index (χ1) is 9.72. The lowest BCUT2D eigenvalue weighted by Crippen LogP contribution is -2.40. The molecule has 0 aliphatic carbocycles. The third kappa shape index (κ3) is 5.33. The van der Waals surface area contributed by atoms with E-state index in [2.05, 4.69) is 34.9 Å². The molecule has 112 valence electrons. The van der Waals surface area contributed by atoms with Crippen molar-refractivity contribution in [2.75, 3.05) is 39.3 Å². The van der Waals surface area contributed by atoms with E-state index >= 15 is 0 Å². The van der Waals surface area contributed by atoms with Gasteiger partial charge in [0.25, 0.3) is 0 Å². The number of nitrogens with zero attached hydrogens (tertiary/aromatic N) is 1. The van der Waals surface area contributed by atoms with Gasteiger partial charge >= 0.3 is 0 Å². The van der Waals surface area contributed by atoms with Crippen molar-refractivity contribution in [2.45, 2.75) is 12.8 Å². The second kappa shape index (κ2) is 9.53. The van der Waals surface area contributed by atoms with Crippen LogP contribution in [0.15, 0.2) is 29.3 Å². The molecule has 0 aliphatic rings. The van der Waals surface area contributed by atoms with Crippen molar-refractivity contribution < 1.29 is 4.74 Å². The number of hydrogen-bond acceptors (Lipinski definition) is 3. The molecule has 0 aliphatic heterocycles. The Hall–Kier alpha value is -1.36. The Morgan fingerprint density at radius 2 is 2.10 bits per heavy atom. The summed E-state index contributed by atoms with van der Waals surface area (Å²) in [6.07, 6.45) is 2.10. The molecule has 20 heavy (non-hydrogen) atoms.